The number of rotatable bonds is 2. The van der Waals surface area contributed by atoms with Crippen LogP contribution in [0, 0.1) is 0 Å². The van der Waals surface area contributed by atoms with Gasteiger partial charge in [-0.25, -0.2) is 5.10 Å². The van der Waals surface area contributed by atoms with Gasteiger partial charge in [0.2, 0.25) is 5.91 Å². The second-order valence-corrected chi connectivity index (χ2v) is 3.54. The van der Waals surface area contributed by atoms with Gasteiger partial charge in [-0.1, -0.05) is 30.3 Å². The first-order valence-electron chi connectivity index (χ1n) is 5.09. The monoisotopic (exact) mass is 229 g/mol. The molecule has 0 aliphatic heterocycles. The normalized spacial score (nSPS) is 9.94. The standard InChI is InChI=1S/C12H11N3O2/c1-8(16)13-12-10(7-11(17)14-15-12)9-5-3-2-4-6-9/h2-7H,1H3,(H,14,17)(H,13,15,16). The van der Waals surface area contributed by atoms with Crippen LogP contribution in [0.5, 0.6) is 0 Å². The minimum atomic E-state index is -0.307. The van der Waals surface area contributed by atoms with E-state index in [9.17, 15) is 9.59 Å². The summed E-state index contributed by atoms with van der Waals surface area (Å²) < 4.78 is 0. The van der Waals surface area contributed by atoms with E-state index >= 15 is 0 Å². The van der Waals surface area contributed by atoms with Crippen molar-refractivity contribution in [2.24, 2.45) is 0 Å². The van der Waals surface area contributed by atoms with Gasteiger partial charge in [-0.15, -0.1) is 0 Å². The molecule has 2 rings (SSSR count). The minimum absolute atomic E-state index is 0.235. The van der Waals surface area contributed by atoms with E-state index in [4.69, 9.17) is 0 Å². The Morgan fingerprint density at radius 2 is 2.00 bits per heavy atom. The van der Waals surface area contributed by atoms with Crippen LogP contribution in [0.4, 0.5) is 5.82 Å². The van der Waals surface area contributed by atoms with Crippen molar-refractivity contribution in [3.05, 3.63) is 46.8 Å². The highest BCUT2D eigenvalue weighted by Gasteiger charge is 2.08. The maximum absolute atomic E-state index is 11.3. The van der Waals surface area contributed by atoms with Gasteiger partial charge in [0, 0.05) is 18.6 Å². The summed E-state index contributed by atoms with van der Waals surface area (Å²) >= 11 is 0. The van der Waals surface area contributed by atoms with Gasteiger partial charge in [0.1, 0.15) is 0 Å². The van der Waals surface area contributed by atoms with E-state index < -0.39 is 0 Å². The number of amides is 1. The zero-order valence-electron chi connectivity index (χ0n) is 9.23. The Morgan fingerprint density at radius 1 is 1.29 bits per heavy atom. The topological polar surface area (TPSA) is 74.8 Å². The van der Waals surface area contributed by atoms with Crippen molar-refractivity contribution < 1.29 is 4.79 Å². The molecule has 1 aromatic carbocycles. The molecule has 5 heteroatoms. The SMILES string of the molecule is CC(=O)Nc1n[nH]c(=O)cc1-c1ccccc1. The number of benzene rings is 1. The molecule has 0 saturated carbocycles. The molecule has 0 spiro atoms. The lowest BCUT2D eigenvalue weighted by molar-refractivity contribution is -0.114. The van der Waals surface area contributed by atoms with E-state index in [1.54, 1.807) is 0 Å². The van der Waals surface area contributed by atoms with Crippen molar-refractivity contribution in [3.8, 4) is 11.1 Å². The van der Waals surface area contributed by atoms with Crippen LogP contribution in [0.1, 0.15) is 6.92 Å². The number of aromatic amines is 1. The fraction of sp³-hybridized carbons (Fsp3) is 0.0833. The second-order valence-electron chi connectivity index (χ2n) is 3.54. The molecule has 1 heterocycles. The number of nitrogens with zero attached hydrogens (tertiary/aromatic N) is 1. The lowest BCUT2D eigenvalue weighted by atomic mass is 10.1. The molecule has 0 fully saturated rings. The van der Waals surface area contributed by atoms with Crippen LogP contribution in [0.2, 0.25) is 0 Å². The number of aromatic nitrogens is 2. The van der Waals surface area contributed by atoms with Gasteiger partial charge in [-0.2, -0.15) is 5.10 Å². The maximum Gasteiger partial charge on any atom is 0.264 e. The summed E-state index contributed by atoms with van der Waals surface area (Å²) in [6.45, 7) is 1.39. The Bertz CT molecular complexity index is 590. The number of carbonyl (C=O) groups excluding carboxylic acids is 1. The fourth-order valence-electron chi connectivity index (χ4n) is 1.50. The van der Waals surface area contributed by atoms with Crippen LogP contribution in [-0.2, 0) is 4.79 Å². The first kappa shape index (κ1) is 11.1. The number of anilines is 1. The number of hydrogen-bond donors (Lipinski definition) is 2. The average Bonchev–Trinajstić information content (AvgIpc) is 2.32. The first-order valence-corrected chi connectivity index (χ1v) is 5.09. The van der Waals surface area contributed by atoms with Crippen LogP contribution < -0.4 is 10.9 Å². The van der Waals surface area contributed by atoms with E-state index in [-0.39, 0.29) is 11.5 Å². The van der Waals surface area contributed by atoms with Crippen molar-refractivity contribution in [3.63, 3.8) is 0 Å². The van der Waals surface area contributed by atoms with Gasteiger partial charge in [-0.3, -0.25) is 9.59 Å². The summed E-state index contributed by atoms with van der Waals surface area (Å²) in [4.78, 5) is 22.3. The summed E-state index contributed by atoms with van der Waals surface area (Å²) in [6, 6.07) is 10.7. The zero-order valence-corrected chi connectivity index (χ0v) is 9.23. The molecule has 86 valence electrons. The molecule has 0 radical (unpaired) electrons. The third kappa shape index (κ3) is 2.57. The van der Waals surface area contributed by atoms with Crippen molar-refractivity contribution in [2.75, 3.05) is 5.32 Å². The molecule has 2 aromatic rings. The van der Waals surface area contributed by atoms with Gasteiger partial charge in [0.25, 0.3) is 5.56 Å². The molecule has 1 amide bonds. The van der Waals surface area contributed by atoms with E-state index in [0.717, 1.165) is 5.56 Å². The third-order valence-electron chi connectivity index (χ3n) is 2.19. The Hall–Kier alpha value is -2.43. The molecule has 0 atom stereocenters. The van der Waals surface area contributed by atoms with Gasteiger partial charge >= 0.3 is 0 Å². The van der Waals surface area contributed by atoms with E-state index in [0.29, 0.717) is 11.4 Å². The molecule has 5 nitrogen and oxygen atoms in total. The Balaban J connectivity index is 2.55. The predicted molar refractivity (Wildman–Crippen MR) is 64.6 cm³/mol. The third-order valence-corrected chi connectivity index (χ3v) is 2.19. The molecule has 0 bridgehead atoms. The number of hydrogen-bond acceptors (Lipinski definition) is 3. The molecule has 0 aliphatic carbocycles. The van der Waals surface area contributed by atoms with Crippen LogP contribution in [0.25, 0.3) is 11.1 Å². The van der Waals surface area contributed by atoms with Crippen molar-refractivity contribution in [2.45, 2.75) is 6.92 Å². The van der Waals surface area contributed by atoms with E-state index in [2.05, 4.69) is 15.5 Å². The van der Waals surface area contributed by atoms with Crippen molar-refractivity contribution >= 4 is 11.7 Å². The first-order chi connectivity index (χ1) is 8.16. The molecule has 0 aliphatic rings. The highest BCUT2D eigenvalue weighted by atomic mass is 16.1. The Kier molecular flexibility index (Phi) is 3.00. The maximum atomic E-state index is 11.3. The minimum Gasteiger partial charge on any atom is -0.309 e. The zero-order chi connectivity index (χ0) is 12.3. The summed E-state index contributed by atoms with van der Waals surface area (Å²) in [5.41, 5.74) is 1.12. The fourth-order valence-corrected chi connectivity index (χ4v) is 1.50. The molecule has 0 saturated heterocycles. The molecule has 0 unspecified atom stereocenters. The van der Waals surface area contributed by atoms with Gasteiger partial charge < -0.3 is 5.32 Å². The highest BCUT2D eigenvalue weighted by Crippen LogP contribution is 2.23. The molecule has 2 N–H and O–H groups in total. The van der Waals surface area contributed by atoms with Gasteiger partial charge in [0.15, 0.2) is 5.82 Å². The molecule has 1 aromatic heterocycles. The Labute approximate surface area is 97.5 Å². The van der Waals surface area contributed by atoms with Crippen molar-refractivity contribution in [1.82, 2.24) is 10.2 Å². The van der Waals surface area contributed by atoms with Gasteiger partial charge in [-0.05, 0) is 5.56 Å². The summed E-state index contributed by atoms with van der Waals surface area (Å²) in [5.74, 6) is 0.116. The molecular weight excluding hydrogens is 218 g/mol. The van der Waals surface area contributed by atoms with Gasteiger partial charge in [0.05, 0.1) is 0 Å². The highest BCUT2D eigenvalue weighted by molar-refractivity contribution is 5.92. The molecule has 17 heavy (non-hydrogen) atoms. The lowest BCUT2D eigenvalue weighted by Gasteiger charge is -2.07. The quantitative estimate of drug-likeness (QED) is 0.817. The van der Waals surface area contributed by atoms with E-state index in [1.807, 2.05) is 30.3 Å². The predicted octanol–water partition coefficient (Wildman–Crippen LogP) is 1.40. The average molecular weight is 229 g/mol. The smallest absolute Gasteiger partial charge is 0.264 e. The molecular formula is C12H11N3O2. The number of H-pyrrole nitrogens is 1. The summed E-state index contributed by atoms with van der Waals surface area (Å²) in [5, 5.41) is 8.70. The van der Waals surface area contributed by atoms with Crippen LogP contribution in [-0.4, -0.2) is 16.1 Å². The summed E-state index contributed by atoms with van der Waals surface area (Å²) in [7, 11) is 0. The van der Waals surface area contributed by atoms with Crippen LogP contribution in [0.3, 0.4) is 0 Å². The van der Waals surface area contributed by atoms with Crippen molar-refractivity contribution in [1.29, 1.82) is 0 Å². The number of carbonyl (C=O) groups is 1. The summed E-state index contributed by atoms with van der Waals surface area (Å²) in [6.07, 6.45) is 0. The second kappa shape index (κ2) is 4.61. The Morgan fingerprint density at radius 3 is 2.65 bits per heavy atom. The van der Waals surface area contributed by atoms with Crippen LogP contribution >= 0.6 is 0 Å². The largest absolute Gasteiger partial charge is 0.309 e. The number of nitrogens with one attached hydrogen (secondary N) is 2. The van der Waals surface area contributed by atoms with E-state index in [1.165, 1.54) is 13.0 Å². The lowest BCUT2D eigenvalue weighted by Crippen LogP contribution is -2.14. The van der Waals surface area contributed by atoms with Crippen LogP contribution in [0.15, 0.2) is 41.2 Å².